The summed E-state index contributed by atoms with van der Waals surface area (Å²) in [5.41, 5.74) is 4.05. The number of carbonyl (C=O) groups is 3. The van der Waals surface area contributed by atoms with Crippen molar-refractivity contribution in [2.75, 3.05) is 14.1 Å². The number of rotatable bonds is 3. The second-order valence-electron chi connectivity index (χ2n) is 12.8. The smallest absolute Gasteiger partial charge is 0.405 e. The largest absolute Gasteiger partial charge is 0.458 e. The predicted octanol–water partition coefficient (Wildman–Crippen LogP) is 3.89. The van der Waals surface area contributed by atoms with Gasteiger partial charge in [0.2, 0.25) is 0 Å². The van der Waals surface area contributed by atoms with Gasteiger partial charge >= 0.3 is 12.1 Å². The van der Waals surface area contributed by atoms with Crippen LogP contribution in [0.25, 0.3) is 0 Å². The molecule has 234 valence electrons. The van der Waals surface area contributed by atoms with E-state index >= 15 is 0 Å². The lowest BCUT2D eigenvalue weighted by molar-refractivity contribution is -0.175. The van der Waals surface area contributed by atoms with Crippen LogP contribution in [0.15, 0.2) is 0 Å². The van der Waals surface area contributed by atoms with Crippen LogP contribution < -0.4 is 5.73 Å². The quantitative estimate of drug-likeness (QED) is 0.428. The maximum Gasteiger partial charge on any atom is 0.405 e. The number of nitrogens with zero attached hydrogens (tertiary/aromatic N) is 1. The standard InChI is InChI=1S/C22H39NO6.C8H17NO2/c1-8-17-22(7,29-21(23)27)11-15(5)18(24)13(3)9-12(2)10-14(4)19(25)16(6)20(26)28-17;1-6-4-7(9(2)3)5-8(10)11-6/h12-17,19,25H,8-11H2,1-7H3,(H2,23,27);6-8,10H,4-5H2,1-3H3/t12?,13-,14?,15-,16?,17?,19?,22+;/m1./s1. The second-order valence-corrected chi connectivity index (χ2v) is 12.8. The molecule has 8 unspecified atom stereocenters. The summed E-state index contributed by atoms with van der Waals surface area (Å²) in [5, 5.41) is 19.9. The molecule has 1 amide bonds. The first-order valence-electron chi connectivity index (χ1n) is 14.8. The van der Waals surface area contributed by atoms with Crippen LogP contribution in [-0.2, 0) is 23.8 Å². The molecule has 0 saturated carbocycles. The number of amides is 1. The van der Waals surface area contributed by atoms with Crippen molar-refractivity contribution < 1.29 is 38.8 Å². The first kappa shape index (κ1) is 36.3. The van der Waals surface area contributed by atoms with Crippen LogP contribution in [0.4, 0.5) is 4.79 Å². The van der Waals surface area contributed by atoms with Crippen LogP contribution >= 0.6 is 0 Å². The summed E-state index contributed by atoms with van der Waals surface area (Å²) in [6.45, 7) is 14.8. The summed E-state index contributed by atoms with van der Waals surface area (Å²) in [7, 11) is 4.07. The fourth-order valence-corrected chi connectivity index (χ4v) is 6.29. The molecular formula is C30H56N2O8. The molecule has 0 bridgehead atoms. The van der Waals surface area contributed by atoms with E-state index in [-0.39, 0.29) is 36.1 Å². The van der Waals surface area contributed by atoms with Gasteiger partial charge in [-0.3, -0.25) is 9.59 Å². The topological polar surface area (TPSA) is 149 Å². The molecule has 0 spiro atoms. The van der Waals surface area contributed by atoms with Crippen molar-refractivity contribution >= 4 is 17.8 Å². The van der Waals surface area contributed by atoms with E-state index in [4.69, 9.17) is 19.9 Å². The van der Waals surface area contributed by atoms with Crippen molar-refractivity contribution in [2.45, 2.75) is 130 Å². The summed E-state index contributed by atoms with van der Waals surface area (Å²) < 4.78 is 16.3. The highest BCUT2D eigenvalue weighted by Crippen LogP contribution is 2.34. The van der Waals surface area contributed by atoms with Gasteiger partial charge in [0.25, 0.3) is 0 Å². The van der Waals surface area contributed by atoms with Crippen LogP contribution in [0, 0.1) is 29.6 Å². The third-order valence-electron chi connectivity index (χ3n) is 8.52. The zero-order chi connectivity index (χ0) is 30.9. The maximum atomic E-state index is 13.0. The van der Waals surface area contributed by atoms with Crippen molar-refractivity contribution in [1.29, 1.82) is 0 Å². The van der Waals surface area contributed by atoms with Crippen LogP contribution in [0.3, 0.4) is 0 Å². The van der Waals surface area contributed by atoms with E-state index < -0.39 is 48.0 Å². The van der Waals surface area contributed by atoms with Gasteiger partial charge in [0.1, 0.15) is 17.5 Å². The highest BCUT2D eigenvalue weighted by molar-refractivity contribution is 5.83. The van der Waals surface area contributed by atoms with Gasteiger partial charge in [-0.2, -0.15) is 0 Å². The number of cyclic esters (lactones) is 1. The first-order valence-corrected chi connectivity index (χ1v) is 14.8. The predicted molar refractivity (Wildman–Crippen MR) is 153 cm³/mol. The Morgan fingerprint density at radius 3 is 2.12 bits per heavy atom. The first-order chi connectivity index (χ1) is 18.4. The van der Waals surface area contributed by atoms with Crippen LogP contribution in [0.5, 0.6) is 0 Å². The average Bonchev–Trinajstić information content (AvgIpc) is 2.83. The average molecular weight is 573 g/mol. The maximum absolute atomic E-state index is 13.0. The Bertz CT molecular complexity index is 814. The number of ketones is 1. The number of aliphatic hydroxyl groups is 2. The SMILES string of the molecule is CC1CC(N(C)C)CC(O)O1.CCC1OC(=O)C(C)C(O)C(C)CC(C)C[C@@H](C)C(=O)[C@H](C)C[C@]1(C)OC(N)=O. The summed E-state index contributed by atoms with van der Waals surface area (Å²) in [4.78, 5) is 39.4. The lowest BCUT2D eigenvalue weighted by atomic mass is 9.78. The van der Waals surface area contributed by atoms with Crippen molar-refractivity contribution in [1.82, 2.24) is 4.90 Å². The van der Waals surface area contributed by atoms with Crippen molar-refractivity contribution in [2.24, 2.45) is 35.3 Å². The third kappa shape index (κ3) is 10.9. The van der Waals surface area contributed by atoms with Gasteiger partial charge in [-0.1, -0.05) is 34.6 Å². The molecule has 0 aromatic rings. The highest BCUT2D eigenvalue weighted by Gasteiger charge is 2.44. The number of hydrogen-bond acceptors (Lipinski definition) is 9. The number of carbonyl (C=O) groups excluding carboxylic acids is 3. The number of Topliss-reactive ketones (excluding diaryl/α,β-unsaturated/α-hetero) is 1. The van der Waals surface area contributed by atoms with E-state index in [9.17, 15) is 24.6 Å². The van der Waals surface area contributed by atoms with Crippen LogP contribution in [-0.4, -0.2) is 83.3 Å². The minimum atomic E-state index is -1.24. The third-order valence-corrected chi connectivity index (χ3v) is 8.52. The molecule has 10 nitrogen and oxygen atoms in total. The molecular weight excluding hydrogens is 516 g/mol. The molecule has 2 rings (SSSR count). The Morgan fingerprint density at radius 2 is 1.62 bits per heavy atom. The zero-order valence-electron chi connectivity index (χ0n) is 26.4. The number of hydrogen-bond donors (Lipinski definition) is 3. The molecule has 2 aliphatic heterocycles. The van der Waals surface area contributed by atoms with Crippen molar-refractivity contribution in [3.8, 4) is 0 Å². The number of esters is 1. The molecule has 4 N–H and O–H groups in total. The molecule has 0 radical (unpaired) electrons. The van der Waals surface area contributed by atoms with Gasteiger partial charge in [-0.05, 0) is 72.4 Å². The molecule has 0 aliphatic carbocycles. The lowest BCUT2D eigenvalue weighted by Crippen LogP contribution is -2.50. The number of ether oxygens (including phenoxy) is 3. The summed E-state index contributed by atoms with van der Waals surface area (Å²) in [6, 6.07) is 0.466. The van der Waals surface area contributed by atoms with E-state index in [2.05, 4.69) is 11.8 Å². The monoisotopic (exact) mass is 572 g/mol. The second kappa shape index (κ2) is 16.0. The van der Waals surface area contributed by atoms with E-state index in [0.717, 1.165) is 12.8 Å². The number of aliphatic hydroxyl groups excluding tert-OH is 2. The Kier molecular flexibility index (Phi) is 14.5. The minimum Gasteiger partial charge on any atom is -0.458 e. The molecule has 0 aromatic carbocycles. The molecule has 40 heavy (non-hydrogen) atoms. The fourth-order valence-electron chi connectivity index (χ4n) is 6.29. The normalized spacial score (nSPS) is 40.3. The van der Waals surface area contributed by atoms with Gasteiger partial charge in [-0.15, -0.1) is 0 Å². The van der Waals surface area contributed by atoms with Gasteiger partial charge in [0.05, 0.1) is 18.1 Å². The van der Waals surface area contributed by atoms with Gasteiger partial charge in [0, 0.05) is 30.7 Å². The van der Waals surface area contributed by atoms with Gasteiger partial charge < -0.3 is 35.1 Å². The summed E-state index contributed by atoms with van der Waals surface area (Å²) in [6.07, 6.45) is 0.741. The van der Waals surface area contributed by atoms with E-state index in [1.54, 1.807) is 13.8 Å². The Hall–Kier alpha value is -1.75. The zero-order valence-corrected chi connectivity index (χ0v) is 26.4. The molecule has 10 heteroatoms. The Balaban J connectivity index is 0.000000603. The van der Waals surface area contributed by atoms with Crippen LogP contribution in [0.1, 0.15) is 93.9 Å². The highest BCUT2D eigenvalue weighted by atomic mass is 16.6. The van der Waals surface area contributed by atoms with Gasteiger partial charge in [0.15, 0.2) is 6.29 Å². The van der Waals surface area contributed by atoms with Crippen molar-refractivity contribution in [3.63, 3.8) is 0 Å². The summed E-state index contributed by atoms with van der Waals surface area (Å²) in [5.74, 6) is -1.65. The van der Waals surface area contributed by atoms with Gasteiger partial charge in [-0.25, -0.2) is 4.79 Å². The lowest BCUT2D eigenvalue weighted by Gasteiger charge is -2.38. The molecule has 11 atom stereocenters. The van der Waals surface area contributed by atoms with Crippen molar-refractivity contribution in [3.05, 3.63) is 0 Å². The Labute approximate surface area is 241 Å². The van der Waals surface area contributed by atoms with E-state index in [1.807, 2.05) is 48.7 Å². The Morgan fingerprint density at radius 1 is 1.02 bits per heavy atom. The fraction of sp³-hybridized carbons (Fsp3) is 0.900. The molecule has 2 heterocycles. The van der Waals surface area contributed by atoms with E-state index in [0.29, 0.717) is 25.3 Å². The molecule has 2 fully saturated rings. The number of primary amides is 1. The molecule has 0 aromatic heterocycles. The van der Waals surface area contributed by atoms with E-state index in [1.165, 1.54) is 0 Å². The van der Waals surface area contributed by atoms with Crippen LogP contribution in [0.2, 0.25) is 0 Å². The minimum absolute atomic E-state index is 0.0796. The molecule has 2 saturated heterocycles. The summed E-state index contributed by atoms with van der Waals surface area (Å²) >= 11 is 0. The number of nitrogens with two attached hydrogens (primary N) is 1. The molecule has 2 aliphatic rings.